The first kappa shape index (κ1) is 12.8. The molecule has 0 aliphatic heterocycles. The molecule has 3 aromatic rings. The highest BCUT2D eigenvalue weighted by molar-refractivity contribution is 5.99. The molecule has 0 aliphatic carbocycles. The van der Waals surface area contributed by atoms with E-state index < -0.39 is 0 Å². The van der Waals surface area contributed by atoms with Crippen molar-refractivity contribution in [3.8, 4) is 16.9 Å². The summed E-state index contributed by atoms with van der Waals surface area (Å²) in [5.41, 5.74) is 3.54. The molecule has 0 fully saturated rings. The van der Waals surface area contributed by atoms with Gasteiger partial charge >= 0.3 is 0 Å². The third-order valence-corrected chi connectivity index (χ3v) is 3.51. The Kier molecular flexibility index (Phi) is 3.73. The number of ether oxygens (including phenoxy) is 1. The van der Waals surface area contributed by atoms with Crippen LogP contribution in [0.1, 0.15) is 19.8 Å². The molecule has 0 amide bonds. The zero-order valence-corrected chi connectivity index (χ0v) is 11.7. The van der Waals surface area contributed by atoms with Crippen molar-refractivity contribution in [3.63, 3.8) is 0 Å². The van der Waals surface area contributed by atoms with Gasteiger partial charge in [-0.2, -0.15) is 0 Å². The lowest BCUT2D eigenvalue weighted by molar-refractivity contribution is 0.313. The quantitative estimate of drug-likeness (QED) is 0.644. The van der Waals surface area contributed by atoms with Gasteiger partial charge in [-0.3, -0.25) is 0 Å². The van der Waals surface area contributed by atoms with E-state index in [9.17, 15) is 0 Å². The number of unbranched alkanes of at least 4 members (excludes halogenated alkanes) is 1. The molecule has 0 spiro atoms. The number of hydrogen-bond acceptors (Lipinski definition) is 1. The maximum atomic E-state index is 5.96. The highest BCUT2D eigenvalue weighted by atomic mass is 16.5. The van der Waals surface area contributed by atoms with Crippen molar-refractivity contribution in [1.29, 1.82) is 0 Å². The molecule has 2 heteroatoms. The molecule has 1 aromatic heterocycles. The van der Waals surface area contributed by atoms with Crippen LogP contribution in [0.5, 0.6) is 5.75 Å². The minimum atomic E-state index is 0.773. The van der Waals surface area contributed by atoms with Crippen molar-refractivity contribution in [2.24, 2.45) is 0 Å². The summed E-state index contributed by atoms with van der Waals surface area (Å²) in [5, 5.41) is 1.18. The molecule has 0 aliphatic rings. The topological polar surface area (TPSA) is 25.0 Å². The molecule has 3 rings (SSSR count). The second-order valence-corrected chi connectivity index (χ2v) is 4.95. The Hall–Kier alpha value is -2.22. The number of rotatable bonds is 5. The van der Waals surface area contributed by atoms with E-state index in [2.05, 4.69) is 54.5 Å². The minimum absolute atomic E-state index is 0.773. The van der Waals surface area contributed by atoms with Crippen LogP contribution >= 0.6 is 0 Å². The van der Waals surface area contributed by atoms with Crippen LogP contribution in [0.15, 0.2) is 54.7 Å². The smallest absolute Gasteiger partial charge is 0.129 e. The van der Waals surface area contributed by atoms with Gasteiger partial charge in [0.1, 0.15) is 5.75 Å². The summed E-state index contributed by atoms with van der Waals surface area (Å²) < 4.78 is 5.96. The van der Waals surface area contributed by atoms with Gasteiger partial charge in [0, 0.05) is 22.7 Å². The summed E-state index contributed by atoms with van der Waals surface area (Å²) in [5.74, 6) is 0.969. The van der Waals surface area contributed by atoms with Crippen LogP contribution in [0.3, 0.4) is 0 Å². The van der Waals surface area contributed by atoms with Crippen molar-refractivity contribution in [2.75, 3.05) is 6.61 Å². The van der Waals surface area contributed by atoms with E-state index in [4.69, 9.17) is 4.74 Å². The predicted octanol–water partition coefficient (Wildman–Crippen LogP) is 5.01. The van der Waals surface area contributed by atoms with E-state index in [-0.39, 0.29) is 0 Å². The fraction of sp³-hybridized carbons (Fsp3) is 0.222. The van der Waals surface area contributed by atoms with E-state index >= 15 is 0 Å². The van der Waals surface area contributed by atoms with Gasteiger partial charge in [-0.15, -0.1) is 0 Å². The number of hydrogen-bond donors (Lipinski definition) is 1. The number of H-pyrrole nitrogens is 1. The molecule has 0 bridgehead atoms. The van der Waals surface area contributed by atoms with Gasteiger partial charge < -0.3 is 9.72 Å². The van der Waals surface area contributed by atoms with Crippen LogP contribution in [0.4, 0.5) is 0 Å². The summed E-state index contributed by atoms with van der Waals surface area (Å²) in [6.07, 6.45) is 4.29. The maximum absolute atomic E-state index is 5.96. The second kappa shape index (κ2) is 5.83. The van der Waals surface area contributed by atoms with Crippen LogP contribution < -0.4 is 4.74 Å². The van der Waals surface area contributed by atoms with Crippen LogP contribution in [0.2, 0.25) is 0 Å². The van der Waals surface area contributed by atoms with E-state index in [1.165, 1.54) is 16.5 Å². The fourth-order valence-corrected chi connectivity index (χ4v) is 2.44. The molecule has 0 radical (unpaired) electrons. The Balaban J connectivity index is 2.05. The Morgan fingerprint density at radius 1 is 1.00 bits per heavy atom. The lowest BCUT2D eigenvalue weighted by Gasteiger charge is -2.08. The number of aromatic nitrogens is 1. The van der Waals surface area contributed by atoms with Gasteiger partial charge in [0.05, 0.1) is 6.61 Å². The lowest BCUT2D eigenvalue weighted by Crippen LogP contribution is -1.96. The first-order chi connectivity index (χ1) is 9.90. The van der Waals surface area contributed by atoms with Gasteiger partial charge in [-0.25, -0.2) is 0 Å². The van der Waals surface area contributed by atoms with Crippen molar-refractivity contribution < 1.29 is 4.74 Å². The third-order valence-electron chi connectivity index (χ3n) is 3.51. The molecule has 0 atom stereocenters. The second-order valence-electron chi connectivity index (χ2n) is 4.95. The van der Waals surface area contributed by atoms with Crippen molar-refractivity contribution in [1.82, 2.24) is 4.98 Å². The van der Waals surface area contributed by atoms with Crippen LogP contribution in [-0.4, -0.2) is 11.6 Å². The Morgan fingerprint density at radius 2 is 1.85 bits per heavy atom. The third kappa shape index (κ3) is 2.42. The zero-order valence-electron chi connectivity index (χ0n) is 11.7. The molecule has 0 saturated carbocycles. The largest absolute Gasteiger partial charge is 0.493 e. The number of benzene rings is 2. The minimum Gasteiger partial charge on any atom is -0.493 e. The highest BCUT2D eigenvalue weighted by Crippen LogP contribution is 2.35. The number of aromatic amines is 1. The van der Waals surface area contributed by atoms with Gasteiger partial charge in [0.15, 0.2) is 0 Å². The van der Waals surface area contributed by atoms with Gasteiger partial charge in [0.2, 0.25) is 0 Å². The highest BCUT2D eigenvalue weighted by Gasteiger charge is 2.10. The predicted molar refractivity (Wildman–Crippen MR) is 84.1 cm³/mol. The first-order valence-corrected chi connectivity index (χ1v) is 7.18. The molecule has 102 valence electrons. The maximum Gasteiger partial charge on any atom is 0.129 e. The number of fused-ring (bicyclic) bond motifs is 1. The molecular weight excluding hydrogens is 246 g/mol. The Bertz CT molecular complexity index is 685. The van der Waals surface area contributed by atoms with Crippen LogP contribution in [-0.2, 0) is 0 Å². The normalized spacial score (nSPS) is 10.8. The molecule has 20 heavy (non-hydrogen) atoms. The van der Waals surface area contributed by atoms with E-state index in [1.807, 2.05) is 12.1 Å². The summed E-state index contributed by atoms with van der Waals surface area (Å²) in [7, 11) is 0. The standard InChI is InChI=1S/C18H19NO/c1-2-3-12-20-17-11-7-10-16-18(17)15(13-19-16)14-8-5-4-6-9-14/h4-11,13,19H,2-3,12H2,1H3. The zero-order chi connectivity index (χ0) is 13.8. The Labute approximate surface area is 119 Å². The molecule has 1 heterocycles. The SMILES string of the molecule is CCCCOc1cccc2[nH]cc(-c3ccccc3)c12. The fourth-order valence-electron chi connectivity index (χ4n) is 2.44. The average molecular weight is 265 g/mol. The monoisotopic (exact) mass is 265 g/mol. The molecular formula is C18H19NO. The summed E-state index contributed by atoms with van der Waals surface area (Å²) in [4.78, 5) is 3.34. The van der Waals surface area contributed by atoms with Crippen LogP contribution in [0.25, 0.3) is 22.0 Å². The molecule has 0 unspecified atom stereocenters. The van der Waals surface area contributed by atoms with Crippen molar-refractivity contribution in [3.05, 3.63) is 54.7 Å². The van der Waals surface area contributed by atoms with Gasteiger partial charge in [-0.1, -0.05) is 49.7 Å². The molecule has 2 aromatic carbocycles. The number of nitrogens with one attached hydrogen (secondary N) is 1. The first-order valence-electron chi connectivity index (χ1n) is 7.18. The van der Waals surface area contributed by atoms with Gasteiger partial charge in [0.25, 0.3) is 0 Å². The van der Waals surface area contributed by atoms with E-state index in [0.717, 1.165) is 30.7 Å². The van der Waals surface area contributed by atoms with Crippen molar-refractivity contribution in [2.45, 2.75) is 19.8 Å². The lowest BCUT2D eigenvalue weighted by atomic mass is 10.0. The van der Waals surface area contributed by atoms with E-state index in [0.29, 0.717) is 0 Å². The average Bonchev–Trinajstić information content (AvgIpc) is 2.93. The Morgan fingerprint density at radius 3 is 2.65 bits per heavy atom. The van der Waals surface area contributed by atoms with Crippen molar-refractivity contribution >= 4 is 10.9 Å². The summed E-state index contributed by atoms with van der Waals surface area (Å²) in [6.45, 7) is 2.95. The summed E-state index contributed by atoms with van der Waals surface area (Å²) >= 11 is 0. The van der Waals surface area contributed by atoms with Crippen LogP contribution in [0, 0.1) is 0 Å². The molecule has 2 nitrogen and oxygen atoms in total. The summed E-state index contributed by atoms with van der Waals surface area (Å²) in [6, 6.07) is 16.6. The van der Waals surface area contributed by atoms with Gasteiger partial charge in [-0.05, 0) is 24.1 Å². The molecule has 0 saturated heterocycles. The molecule has 1 N–H and O–H groups in total. The van der Waals surface area contributed by atoms with E-state index in [1.54, 1.807) is 0 Å².